The molecule has 0 bridgehead atoms. The maximum absolute atomic E-state index is 10.9. The number of hydrogen-bond acceptors (Lipinski definition) is 3. The zero-order valence-corrected chi connectivity index (χ0v) is 13.4. The molecule has 21 heavy (non-hydrogen) atoms. The Hall–Kier alpha value is -0.870. The van der Waals surface area contributed by atoms with Crippen LogP contribution in [0.5, 0.6) is 0 Å². The Morgan fingerprint density at radius 3 is 2.67 bits per heavy atom. The van der Waals surface area contributed by atoms with Crippen molar-refractivity contribution in [2.75, 3.05) is 19.6 Å². The molecule has 1 saturated carbocycles. The largest absolute Gasteiger partial charge is 0.389 e. The molecule has 4 nitrogen and oxygen atoms in total. The van der Waals surface area contributed by atoms with E-state index in [1.54, 1.807) is 0 Å². The zero-order chi connectivity index (χ0) is 14.9. The van der Waals surface area contributed by atoms with E-state index in [4.69, 9.17) is 0 Å². The fraction of sp³-hybridized carbons (Fsp3) is 0.824. The third kappa shape index (κ3) is 3.49. The third-order valence-electron chi connectivity index (χ3n) is 5.63. The Kier molecular flexibility index (Phi) is 4.36. The minimum atomic E-state index is -0.452. The van der Waals surface area contributed by atoms with Gasteiger partial charge in [-0.1, -0.05) is 13.8 Å². The molecule has 3 rings (SSSR count). The average Bonchev–Trinajstić information content (AvgIpc) is 2.99. The van der Waals surface area contributed by atoms with E-state index >= 15 is 0 Å². The van der Waals surface area contributed by atoms with Gasteiger partial charge < -0.3 is 9.67 Å². The predicted molar refractivity (Wildman–Crippen MR) is 84.1 cm³/mol. The minimum Gasteiger partial charge on any atom is -0.389 e. The summed E-state index contributed by atoms with van der Waals surface area (Å²) in [7, 11) is 0. The molecule has 2 fully saturated rings. The fourth-order valence-corrected chi connectivity index (χ4v) is 3.99. The van der Waals surface area contributed by atoms with Crippen molar-refractivity contribution in [2.24, 2.45) is 11.8 Å². The molecule has 1 aliphatic heterocycles. The van der Waals surface area contributed by atoms with E-state index in [-0.39, 0.29) is 0 Å². The molecule has 1 saturated heterocycles. The van der Waals surface area contributed by atoms with Crippen LogP contribution in [0.2, 0.25) is 0 Å². The van der Waals surface area contributed by atoms with Crippen molar-refractivity contribution in [3.05, 3.63) is 18.7 Å². The van der Waals surface area contributed by atoms with Crippen molar-refractivity contribution < 1.29 is 5.11 Å². The van der Waals surface area contributed by atoms with Gasteiger partial charge in [-0.3, -0.25) is 4.90 Å². The number of aliphatic hydroxyl groups is 1. The molecule has 1 N–H and O–H groups in total. The number of hydrogen-bond donors (Lipinski definition) is 1. The molecular formula is C17H29N3O. The Morgan fingerprint density at radius 2 is 2.00 bits per heavy atom. The number of nitrogens with zero attached hydrogens (tertiary/aromatic N) is 3. The highest BCUT2D eigenvalue weighted by atomic mass is 16.3. The van der Waals surface area contributed by atoms with E-state index in [2.05, 4.69) is 34.5 Å². The quantitative estimate of drug-likeness (QED) is 0.931. The van der Waals surface area contributed by atoms with Gasteiger partial charge in [-0.2, -0.15) is 0 Å². The van der Waals surface area contributed by atoms with E-state index in [0.717, 1.165) is 38.4 Å². The Labute approximate surface area is 128 Å². The molecule has 2 unspecified atom stereocenters. The van der Waals surface area contributed by atoms with Crippen molar-refractivity contribution in [3.63, 3.8) is 0 Å². The second-order valence-corrected chi connectivity index (χ2v) is 7.49. The molecule has 1 aromatic rings. The summed E-state index contributed by atoms with van der Waals surface area (Å²) in [5.74, 6) is 1.46. The highest BCUT2D eigenvalue weighted by Crippen LogP contribution is 2.34. The second-order valence-electron chi connectivity index (χ2n) is 7.49. The van der Waals surface area contributed by atoms with Crippen molar-refractivity contribution in [1.29, 1.82) is 0 Å². The lowest BCUT2D eigenvalue weighted by Crippen LogP contribution is -2.50. The molecule has 0 amide bonds. The van der Waals surface area contributed by atoms with Crippen LogP contribution in [0.3, 0.4) is 0 Å². The molecule has 1 aromatic heterocycles. The summed E-state index contributed by atoms with van der Waals surface area (Å²) in [5.41, 5.74) is -0.452. The molecular weight excluding hydrogens is 262 g/mol. The number of piperidine rings is 1. The first kappa shape index (κ1) is 15.0. The third-order valence-corrected chi connectivity index (χ3v) is 5.63. The maximum Gasteiger partial charge on any atom is 0.0949 e. The normalized spacial score (nSPS) is 38.5. The number of likely N-dealkylation sites (tertiary alicyclic amines) is 1. The number of rotatable bonds is 3. The topological polar surface area (TPSA) is 41.3 Å². The Balaban J connectivity index is 1.61. The summed E-state index contributed by atoms with van der Waals surface area (Å²) < 4.78 is 2.24. The van der Waals surface area contributed by atoms with Crippen molar-refractivity contribution >= 4 is 0 Å². The lowest BCUT2D eigenvalue weighted by molar-refractivity contribution is -0.0455. The molecule has 2 heterocycles. The molecule has 0 radical (unpaired) electrons. The summed E-state index contributed by atoms with van der Waals surface area (Å²) in [6, 6.07) is 0.493. The molecule has 4 heteroatoms. The smallest absolute Gasteiger partial charge is 0.0949 e. The summed E-state index contributed by atoms with van der Waals surface area (Å²) in [5, 5.41) is 10.9. The van der Waals surface area contributed by atoms with Gasteiger partial charge in [-0.05, 0) is 50.5 Å². The van der Waals surface area contributed by atoms with Crippen LogP contribution in [-0.2, 0) is 0 Å². The lowest BCUT2D eigenvalue weighted by Gasteiger charge is -2.43. The number of β-amino-alcohol motifs (C(OH)–C–C–N with tert-alkyl or cyclic N) is 1. The van der Waals surface area contributed by atoms with E-state index in [1.165, 1.54) is 19.3 Å². The zero-order valence-electron chi connectivity index (χ0n) is 13.4. The van der Waals surface area contributed by atoms with Crippen LogP contribution in [0.15, 0.2) is 18.7 Å². The first-order chi connectivity index (χ1) is 10.1. The maximum atomic E-state index is 10.9. The summed E-state index contributed by atoms with van der Waals surface area (Å²) in [6.45, 7) is 7.63. The first-order valence-electron chi connectivity index (χ1n) is 8.48. The van der Waals surface area contributed by atoms with Crippen molar-refractivity contribution in [2.45, 2.75) is 57.6 Å². The SMILES string of the molecule is CC1CCC(O)(CN2CCC(C)C(n3ccnc3)C2)CC1. The van der Waals surface area contributed by atoms with E-state index < -0.39 is 5.60 Å². The van der Waals surface area contributed by atoms with Crippen molar-refractivity contribution in [1.82, 2.24) is 14.5 Å². The monoisotopic (exact) mass is 291 g/mol. The van der Waals surface area contributed by atoms with E-state index in [9.17, 15) is 5.11 Å². The molecule has 1 aliphatic carbocycles. The van der Waals surface area contributed by atoms with Crippen LogP contribution in [0.1, 0.15) is 52.0 Å². The van der Waals surface area contributed by atoms with Gasteiger partial charge in [0.25, 0.3) is 0 Å². The van der Waals surface area contributed by atoms with Gasteiger partial charge >= 0.3 is 0 Å². The van der Waals surface area contributed by atoms with Crippen LogP contribution in [0, 0.1) is 11.8 Å². The molecule has 0 aromatic carbocycles. The van der Waals surface area contributed by atoms with Gasteiger partial charge in [-0.25, -0.2) is 4.98 Å². The highest BCUT2D eigenvalue weighted by molar-refractivity contribution is 4.92. The average molecular weight is 291 g/mol. The molecule has 2 atom stereocenters. The van der Waals surface area contributed by atoms with Crippen LogP contribution < -0.4 is 0 Å². The number of aromatic nitrogens is 2. The Morgan fingerprint density at radius 1 is 1.24 bits per heavy atom. The second kappa shape index (κ2) is 6.09. The molecule has 0 spiro atoms. The lowest BCUT2D eigenvalue weighted by atomic mass is 9.79. The van der Waals surface area contributed by atoms with Crippen LogP contribution >= 0.6 is 0 Å². The van der Waals surface area contributed by atoms with Gasteiger partial charge in [0.05, 0.1) is 11.9 Å². The van der Waals surface area contributed by atoms with Gasteiger partial charge in [0.15, 0.2) is 0 Å². The highest BCUT2D eigenvalue weighted by Gasteiger charge is 2.36. The molecule has 118 valence electrons. The van der Waals surface area contributed by atoms with E-state index in [1.807, 2.05) is 12.5 Å². The molecule has 2 aliphatic rings. The van der Waals surface area contributed by atoms with Gasteiger partial charge in [0.2, 0.25) is 0 Å². The fourth-order valence-electron chi connectivity index (χ4n) is 3.99. The number of imidazole rings is 1. The predicted octanol–water partition coefficient (Wildman–Crippen LogP) is 2.71. The summed E-state index contributed by atoms with van der Waals surface area (Å²) in [6.07, 6.45) is 11.4. The standard InChI is InChI=1S/C17H29N3O/c1-14-3-6-17(21,7-4-14)12-19-9-5-15(2)16(11-19)20-10-8-18-13-20/h8,10,13-16,21H,3-7,9,11-12H2,1-2H3. The minimum absolute atomic E-state index is 0.452. The van der Waals surface area contributed by atoms with E-state index in [0.29, 0.717) is 12.0 Å². The van der Waals surface area contributed by atoms with Crippen LogP contribution in [-0.4, -0.2) is 44.8 Å². The summed E-state index contributed by atoms with van der Waals surface area (Å²) in [4.78, 5) is 6.66. The van der Waals surface area contributed by atoms with Crippen LogP contribution in [0.25, 0.3) is 0 Å². The van der Waals surface area contributed by atoms with Gasteiger partial charge in [0.1, 0.15) is 0 Å². The van der Waals surface area contributed by atoms with Crippen LogP contribution in [0.4, 0.5) is 0 Å². The van der Waals surface area contributed by atoms with Gasteiger partial charge in [-0.15, -0.1) is 0 Å². The van der Waals surface area contributed by atoms with Gasteiger partial charge in [0, 0.05) is 31.5 Å². The Bertz CT molecular complexity index is 437. The summed E-state index contributed by atoms with van der Waals surface area (Å²) >= 11 is 0. The van der Waals surface area contributed by atoms with Crippen molar-refractivity contribution in [3.8, 4) is 0 Å². The first-order valence-corrected chi connectivity index (χ1v) is 8.48.